The van der Waals surface area contributed by atoms with Crippen LogP contribution in [0.3, 0.4) is 0 Å². The molecule has 3 heteroatoms. The van der Waals surface area contributed by atoms with Gasteiger partial charge in [-0.25, -0.2) is 0 Å². The highest BCUT2D eigenvalue weighted by Gasteiger charge is 2.12. The molecule has 0 aromatic heterocycles. The lowest BCUT2D eigenvalue weighted by atomic mass is 9.93. The maximum atomic E-state index is 12.6. The SMILES string of the molecule is Cl.N[C@H](CCF)c1cc2ccccc2c2ccccc12. The molecule has 3 rings (SSSR count). The molecular weight excluding hydrogens is 273 g/mol. The first-order valence-corrected chi connectivity index (χ1v) is 6.53. The predicted octanol–water partition coefficient (Wildman–Crippen LogP) is 4.77. The van der Waals surface area contributed by atoms with Gasteiger partial charge in [0.15, 0.2) is 0 Å². The van der Waals surface area contributed by atoms with Crippen LogP contribution >= 0.6 is 12.4 Å². The molecule has 3 aromatic carbocycles. The molecule has 0 bridgehead atoms. The van der Waals surface area contributed by atoms with Crippen molar-refractivity contribution in [1.29, 1.82) is 0 Å². The van der Waals surface area contributed by atoms with Gasteiger partial charge in [-0.05, 0) is 39.6 Å². The molecule has 104 valence electrons. The van der Waals surface area contributed by atoms with Crippen LogP contribution in [0.4, 0.5) is 4.39 Å². The Balaban J connectivity index is 0.00000147. The Bertz CT molecular complexity index is 726. The molecule has 0 unspecified atom stereocenters. The van der Waals surface area contributed by atoms with E-state index in [1.807, 2.05) is 24.3 Å². The monoisotopic (exact) mass is 289 g/mol. The van der Waals surface area contributed by atoms with Crippen molar-refractivity contribution in [2.45, 2.75) is 12.5 Å². The van der Waals surface area contributed by atoms with Gasteiger partial charge in [0.05, 0.1) is 6.67 Å². The van der Waals surface area contributed by atoms with Crippen LogP contribution in [0.2, 0.25) is 0 Å². The molecule has 0 aliphatic heterocycles. The minimum Gasteiger partial charge on any atom is -0.324 e. The van der Waals surface area contributed by atoms with Crippen LogP contribution in [0.25, 0.3) is 21.5 Å². The van der Waals surface area contributed by atoms with Crippen molar-refractivity contribution < 1.29 is 4.39 Å². The van der Waals surface area contributed by atoms with Crippen LogP contribution in [-0.2, 0) is 0 Å². The van der Waals surface area contributed by atoms with Gasteiger partial charge in [0.1, 0.15) is 0 Å². The summed E-state index contributed by atoms with van der Waals surface area (Å²) in [7, 11) is 0. The third kappa shape index (κ3) is 2.49. The van der Waals surface area contributed by atoms with Crippen LogP contribution in [-0.4, -0.2) is 6.67 Å². The second-order valence-electron chi connectivity index (χ2n) is 4.82. The third-order valence-electron chi connectivity index (χ3n) is 3.62. The van der Waals surface area contributed by atoms with Gasteiger partial charge in [0.2, 0.25) is 0 Å². The number of hydrogen-bond donors (Lipinski definition) is 1. The van der Waals surface area contributed by atoms with Crippen molar-refractivity contribution in [2.75, 3.05) is 6.67 Å². The lowest BCUT2D eigenvalue weighted by Crippen LogP contribution is -2.11. The Kier molecular flexibility index (Phi) is 4.58. The Hall–Kier alpha value is -1.64. The lowest BCUT2D eigenvalue weighted by molar-refractivity contribution is 0.443. The molecule has 0 fully saturated rings. The number of halogens is 2. The van der Waals surface area contributed by atoms with Crippen molar-refractivity contribution in [2.24, 2.45) is 5.73 Å². The second kappa shape index (κ2) is 6.21. The summed E-state index contributed by atoms with van der Waals surface area (Å²) >= 11 is 0. The van der Waals surface area contributed by atoms with Crippen molar-refractivity contribution in [3.8, 4) is 0 Å². The smallest absolute Gasteiger partial charge is 0.0912 e. The van der Waals surface area contributed by atoms with Crippen molar-refractivity contribution in [3.05, 3.63) is 60.2 Å². The van der Waals surface area contributed by atoms with E-state index in [1.54, 1.807) is 0 Å². The molecule has 1 nitrogen and oxygen atoms in total. The molecule has 0 heterocycles. The van der Waals surface area contributed by atoms with Crippen LogP contribution in [0.1, 0.15) is 18.0 Å². The summed E-state index contributed by atoms with van der Waals surface area (Å²) in [6, 6.07) is 18.3. The average molecular weight is 290 g/mol. The predicted molar refractivity (Wildman–Crippen MR) is 86.2 cm³/mol. The summed E-state index contributed by atoms with van der Waals surface area (Å²) in [4.78, 5) is 0. The normalized spacial score (nSPS) is 12.3. The van der Waals surface area contributed by atoms with Crippen molar-refractivity contribution in [3.63, 3.8) is 0 Å². The number of benzene rings is 3. The minimum absolute atomic E-state index is 0. The number of alkyl halides is 1. The quantitative estimate of drug-likeness (QED) is 0.690. The Morgan fingerprint density at radius 2 is 1.50 bits per heavy atom. The molecule has 20 heavy (non-hydrogen) atoms. The van der Waals surface area contributed by atoms with E-state index in [2.05, 4.69) is 30.3 Å². The topological polar surface area (TPSA) is 26.0 Å². The molecule has 0 saturated heterocycles. The van der Waals surface area contributed by atoms with Gasteiger partial charge in [0, 0.05) is 6.04 Å². The second-order valence-corrected chi connectivity index (χ2v) is 4.82. The van der Waals surface area contributed by atoms with Gasteiger partial charge in [-0.3, -0.25) is 4.39 Å². The van der Waals surface area contributed by atoms with Gasteiger partial charge in [-0.1, -0.05) is 48.5 Å². The molecule has 2 N–H and O–H groups in total. The summed E-state index contributed by atoms with van der Waals surface area (Å²) in [6.07, 6.45) is 0.363. The Labute approximate surface area is 124 Å². The van der Waals surface area contributed by atoms with Gasteiger partial charge < -0.3 is 5.73 Å². The van der Waals surface area contributed by atoms with Gasteiger partial charge in [-0.2, -0.15) is 0 Å². The highest BCUT2D eigenvalue weighted by atomic mass is 35.5. The molecule has 1 atom stereocenters. The fourth-order valence-electron chi connectivity index (χ4n) is 2.66. The highest BCUT2D eigenvalue weighted by molar-refractivity contribution is 6.09. The first-order chi connectivity index (χ1) is 9.31. The molecule has 0 spiro atoms. The molecular formula is C17H17ClFN. The summed E-state index contributed by atoms with van der Waals surface area (Å²) in [6.45, 7) is -0.387. The van der Waals surface area contributed by atoms with Crippen LogP contribution < -0.4 is 5.73 Å². The van der Waals surface area contributed by atoms with E-state index in [4.69, 9.17) is 5.73 Å². The zero-order valence-corrected chi connectivity index (χ0v) is 11.9. The number of rotatable bonds is 3. The fraction of sp³-hybridized carbons (Fsp3) is 0.176. The van der Waals surface area contributed by atoms with E-state index < -0.39 is 0 Å². The lowest BCUT2D eigenvalue weighted by Gasteiger charge is -2.15. The van der Waals surface area contributed by atoms with E-state index >= 15 is 0 Å². The maximum absolute atomic E-state index is 12.6. The zero-order valence-electron chi connectivity index (χ0n) is 11.1. The molecule has 0 saturated carbocycles. The van der Waals surface area contributed by atoms with E-state index in [1.165, 1.54) is 10.8 Å². The summed E-state index contributed by atoms with van der Waals surface area (Å²) in [5.74, 6) is 0. The van der Waals surface area contributed by atoms with E-state index in [9.17, 15) is 4.39 Å². The summed E-state index contributed by atoms with van der Waals surface area (Å²) in [5.41, 5.74) is 7.16. The maximum Gasteiger partial charge on any atom is 0.0912 e. The van der Waals surface area contributed by atoms with Gasteiger partial charge >= 0.3 is 0 Å². The highest BCUT2D eigenvalue weighted by Crippen LogP contribution is 2.32. The molecule has 0 aliphatic carbocycles. The largest absolute Gasteiger partial charge is 0.324 e. The minimum atomic E-state index is -0.387. The molecule has 0 amide bonds. The molecule has 3 aromatic rings. The Morgan fingerprint density at radius 1 is 0.900 bits per heavy atom. The fourth-order valence-corrected chi connectivity index (χ4v) is 2.66. The van der Waals surface area contributed by atoms with Gasteiger partial charge in [0.25, 0.3) is 0 Å². The van der Waals surface area contributed by atoms with Crippen LogP contribution in [0.5, 0.6) is 0 Å². The van der Waals surface area contributed by atoms with Crippen LogP contribution in [0, 0.1) is 0 Å². The summed E-state index contributed by atoms with van der Waals surface area (Å²) in [5, 5.41) is 4.69. The number of hydrogen-bond acceptors (Lipinski definition) is 1. The first kappa shape index (κ1) is 14.8. The summed E-state index contributed by atoms with van der Waals surface area (Å²) < 4.78 is 12.6. The third-order valence-corrected chi connectivity index (χ3v) is 3.62. The number of nitrogens with two attached hydrogens (primary N) is 1. The zero-order chi connectivity index (χ0) is 13.2. The van der Waals surface area contributed by atoms with Crippen LogP contribution in [0.15, 0.2) is 54.6 Å². The Morgan fingerprint density at radius 3 is 2.20 bits per heavy atom. The van der Waals surface area contributed by atoms with Crippen molar-refractivity contribution >= 4 is 34.0 Å². The molecule has 0 aliphatic rings. The van der Waals surface area contributed by atoms with E-state index in [0.29, 0.717) is 6.42 Å². The van der Waals surface area contributed by atoms with E-state index in [-0.39, 0.29) is 25.1 Å². The average Bonchev–Trinajstić information content (AvgIpc) is 2.46. The molecule has 0 radical (unpaired) electrons. The first-order valence-electron chi connectivity index (χ1n) is 6.53. The standard InChI is InChI=1S/C17H16FN.ClH/c18-10-9-17(19)16-11-12-5-1-2-6-13(12)14-7-3-4-8-15(14)16;/h1-8,11,17H,9-10,19H2;1H/t17-;/m1./s1. The number of fused-ring (bicyclic) bond motifs is 3. The van der Waals surface area contributed by atoms with Gasteiger partial charge in [-0.15, -0.1) is 12.4 Å². The van der Waals surface area contributed by atoms with E-state index in [0.717, 1.165) is 16.3 Å². The van der Waals surface area contributed by atoms with Crippen molar-refractivity contribution in [1.82, 2.24) is 0 Å².